The number of methoxy groups -OCH3 is 4. The van der Waals surface area contributed by atoms with Crippen LogP contribution in [-0.2, 0) is 28.5 Å². The lowest BCUT2D eigenvalue weighted by molar-refractivity contribution is -0.137. The number of carbonyl (C=O) groups excluding carboxylic acids is 2. The van der Waals surface area contributed by atoms with E-state index in [1.54, 1.807) is 32.0 Å². The summed E-state index contributed by atoms with van der Waals surface area (Å²) in [6.07, 6.45) is -0.982. The van der Waals surface area contributed by atoms with Gasteiger partial charge in [0, 0.05) is 36.6 Å². The fourth-order valence-corrected chi connectivity index (χ4v) is 4.82. The molecular weight excluding hydrogens is 490 g/mol. The van der Waals surface area contributed by atoms with Crippen LogP contribution in [-0.4, -0.2) is 46.7 Å². The van der Waals surface area contributed by atoms with Crippen LogP contribution < -0.4 is 10.7 Å². The Balaban J connectivity index is 2.13. The normalized spacial score (nSPS) is 15.6. The summed E-state index contributed by atoms with van der Waals surface area (Å²) in [5.41, 5.74) is 2.45. The number of hydrogen-bond acceptors (Lipinski definition) is 9. The van der Waals surface area contributed by atoms with Gasteiger partial charge in [0.15, 0.2) is 11.7 Å². The first-order valence-electron chi connectivity index (χ1n) is 11.8. The van der Waals surface area contributed by atoms with Crippen LogP contribution >= 0.6 is 0 Å². The monoisotopic (exact) mass is 519 g/mol. The molecule has 1 aliphatic rings. The minimum Gasteiger partial charge on any atom is -0.466 e. The number of nitrogens with one attached hydrogen (secondary N) is 1. The number of fused-ring (bicyclic) bond motifs is 1. The van der Waals surface area contributed by atoms with Gasteiger partial charge in [-0.3, -0.25) is 4.79 Å². The number of allylic oxidation sites excluding steroid dienone is 1. The van der Waals surface area contributed by atoms with Gasteiger partial charge in [0.05, 0.1) is 42.4 Å². The largest absolute Gasteiger partial charge is 0.466 e. The third kappa shape index (κ3) is 4.51. The Hall–Kier alpha value is -4.21. The maximum atomic E-state index is 13.5. The van der Waals surface area contributed by atoms with Crippen LogP contribution in [0.15, 0.2) is 80.3 Å². The lowest BCUT2D eigenvalue weighted by atomic mass is 9.79. The van der Waals surface area contributed by atoms with E-state index in [4.69, 9.17) is 23.4 Å². The molecule has 9 heteroatoms. The molecule has 198 valence electrons. The fraction of sp³-hybridized carbons (Fsp3) is 0.276. The van der Waals surface area contributed by atoms with Crippen LogP contribution in [0.3, 0.4) is 0 Å². The predicted molar refractivity (Wildman–Crippen MR) is 140 cm³/mol. The summed E-state index contributed by atoms with van der Waals surface area (Å²) in [6.45, 7) is 3.38. The molecule has 2 heterocycles. The molecule has 0 spiro atoms. The maximum absolute atomic E-state index is 13.5. The summed E-state index contributed by atoms with van der Waals surface area (Å²) in [7, 11) is 5.34. The Morgan fingerprint density at radius 1 is 0.868 bits per heavy atom. The summed E-state index contributed by atoms with van der Waals surface area (Å²) in [6, 6.07) is 14.3. The number of benzene rings is 2. The zero-order chi connectivity index (χ0) is 27.6. The molecule has 1 unspecified atom stereocenters. The molecule has 1 aliphatic heterocycles. The average molecular weight is 520 g/mol. The summed E-state index contributed by atoms with van der Waals surface area (Å²) in [5.74, 6) is -2.03. The molecular formula is C29H29NO8. The molecule has 0 amide bonds. The van der Waals surface area contributed by atoms with Gasteiger partial charge >= 0.3 is 11.9 Å². The van der Waals surface area contributed by atoms with E-state index in [1.807, 2.05) is 30.3 Å². The van der Waals surface area contributed by atoms with E-state index in [9.17, 15) is 14.4 Å². The molecule has 0 fully saturated rings. The number of rotatable bonds is 7. The van der Waals surface area contributed by atoms with Gasteiger partial charge in [-0.2, -0.15) is 0 Å². The van der Waals surface area contributed by atoms with Crippen molar-refractivity contribution in [3.8, 4) is 11.3 Å². The number of para-hydroxylation sites is 1. The lowest BCUT2D eigenvalue weighted by Gasteiger charge is -2.33. The highest BCUT2D eigenvalue weighted by molar-refractivity contribution is 6.01. The van der Waals surface area contributed by atoms with Crippen LogP contribution in [0.2, 0.25) is 0 Å². The van der Waals surface area contributed by atoms with E-state index in [2.05, 4.69) is 5.32 Å². The highest BCUT2D eigenvalue weighted by atomic mass is 16.7. The smallest absolute Gasteiger partial charge is 0.336 e. The average Bonchev–Trinajstić information content (AvgIpc) is 2.94. The van der Waals surface area contributed by atoms with Gasteiger partial charge in [0.2, 0.25) is 0 Å². The van der Waals surface area contributed by atoms with Crippen molar-refractivity contribution in [1.29, 1.82) is 0 Å². The fourth-order valence-electron chi connectivity index (χ4n) is 4.82. The molecule has 0 radical (unpaired) electrons. The van der Waals surface area contributed by atoms with Gasteiger partial charge in [-0.15, -0.1) is 0 Å². The van der Waals surface area contributed by atoms with Crippen LogP contribution in [0.5, 0.6) is 0 Å². The Kier molecular flexibility index (Phi) is 7.80. The van der Waals surface area contributed by atoms with Crippen molar-refractivity contribution in [3.63, 3.8) is 0 Å². The van der Waals surface area contributed by atoms with Crippen molar-refractivity contribution in [2.75, 3.05) is 28.4 Å². The first-order chi connectivity index (χ1) is 18.3. The Morgan fingerprint density at radius 2 is 1.50 bits per heavy atom. The lowest BCUT2D eigenvalue weighted by Crippen LogP contribution is -2.38. The van der Waals surface area contributed by atoms with E-state index in [1.165, 1.54) is 28.4 Å². The van der Waals surface area contributed by atoms with Gasteiger partial charge in [-0.05, 0) is 19.9 Å². The third-order valence-corrected chi connectivity index (χ3v) is 6.59. The number of ether oxygens (including phenoxy) is 4. The van der Waals surface area contributed by atoms with Gasteiger partial charge < -0.3 is 28.7 Å². The van der Waals surface area contributed by atoms with Crippen LogP contribution in [0, 0.1) is 6.92 Å². The van der Waals surface area contributed by atoms with E-state index in [0.717, 1.165) is 0 Å². The molecule has 0 bridgehead atoms. The van der Waals surface area contributed by atoms with E-state index >= 15 is 0 Å². The van der Waals surface area contributed by atoms with E-state index in [-0.39, 0.29) is 27.9 Å². The van der Waals surface area contributed by atoms with Crippen LogP contribution in [0.4, 0.5) is 0 Å². The molecule has 2 aromatic carbocycles. The number of hydrogen-bond donors (Lipinski definition) is 1. The molecule has 1 atom stereocenters. The minimum atomic E-state index is -1.03. The standard InChI is InChI=1S/C29H29NO8/c1-15-24(31)19-14-10-13-18(26(19)38-25(15)17-11-8-7-9-12-17)21-20(27(32)34-3)16(2)30-23(29(36-5)37-6)22(21)28(33)35-4/h7-14,21,29-30H,1-6H3. The highest BCUT2D eigenvalue weighted by Gasteiger charge is 2.42. The van der Waals surface area contributed by atoms with Crippen molar-refractivity contribution in [2.45, 2.75) is 26.1 Å². The second kappa shape index (κ2) is 11.0. The van der Waals surface area contributed by atoms with E-state index in [0.29, 0.717) is 33.5 Å². The van der Waals surface area contributed by atoms with Gasteiger partial charge in [-0.25, -0.2) is 9.59 Å². The molecule has 3 aromatic rings. The minimum absolute atomic E-state index is 0.0594. The second-order valence-corrected chi connectivity index (χ2v) is 8.69. The zero-order valence-electron chi connectivity index (χ0n) is 22.0. The van der Waals surface area contributed by atoms with Crippen molar-refractivity contribution >= 4 is 22.9 Å². The molecule has 9 nitrogen and oxygen atoms in total. The van der Waals surface area contributed by atoms with Crippen LogP contribution in [0.25, 0.3) is 22.3 Å². The number of carbonyl (C=O) groups is 2. The Labute approximate surface area is 219 Å². The van der Waals surface area contributed by atoms with Crippen LogP contribution in [0.1, 0.15) is 24.0 Å². The summed E-state index contributed by atoms with van der Waals surface area (Å²) < 4.78 is 27.6. The number of esters is 2. The summed E-state index contributed by atoms with van der Waals surface area (Å²) in [4.78, 5) is 39.9. The van der Waals surface area contributed by atoms with Crippen molar-refractivity contribution in [2.24, 2.45) is 0 Å². The molecule has 4 rings (SSSR count). The van der Waals surface area contributed by atoms with Gasteiger partial charge in [0.1, 0.15) is 11.3 Å². The first-order valence-corrected chi connectivity index (χ1v) is 11.8. The quantitative estimate of drug-likeness (QED) is 0.366. The molecule has 0 saturated carbocycles. The second-order valence-electron chi connectivity index (χ2n) is 8.69. The van der Waals surface area contributed by atoms with Gasteiger partial charge in [0.25, 0.3) is 0 Å². The molecule has 0 aliphatic carbocycles. The highest BCUT2D eigenvalue weighted by Crippen LogP contribution is 2.43. The topological polar surface area (TPSA) is 113 Å². The predicted octanol–water partition coefficient (Wildman–Crippen LogP) is 3.95. The zero-order valence-corrected chi connectivity index (χ0v) is 22.0. The molecule has 1 N–H and O–H groups in total. The number of dihydropyridines is 1. The first kappa shape index (κ1) is 26.8. The molecule has 1 aromatic heterocycles. The van der Waals surface area contributed by atoms with Crippen molar-refractivity contribution in [3.05, 3.63) is 92.4 Å². The maximum Gasteiger partial charge on any atom is 0.336 e. The van der Waals surface area contributed by atoms with Crippen molar-refractivity contribution in [1.82, 2.24) is 5.32 Å². The summed E-state index contributed by atoms with van der Waals surface area (Å²) in [5, 5.41) is 3.38. The third-order valence-electron chi connectivity index (χ3n) is 6.59. The Morgan fingerprint density at radius 3 is 2.11 bits per heavy atom. The summed E-state index contributed by atoms with van der Waals surface area (Å²) >= 11 is 0. The SMILES string of the molecule is COC(=O)C1=C(C)NC(C(OC)OC)=C(C(=O)OC)C1c1cccc2c(=O)c(C)c(-c3ccccc3)oc12. The molecule has 0 saturated heterocycles. The van der Waals surface area contributed by atoms with Gasteiger partial charge in [-0.1, -0.05) is 42.5 Å². The molecule has 38 heavy (non-hydrogen) atoms. The Bertz CT molecular complexity index is 1510. The van der Waals surface area contributed by atoms with E-state index < -0.39 is 24.1 Å². The van der Waals surface area contributed by atoms with Crippen molar-refractivity contribution < 1.29 is 33.0 Å².